The third-order valence-electron chi connectivity index (χ3n) is 3.51. The van der Waals surface area contributed by atoms with Gasteiger partial charge in [0, 0.05) is 38.1 Å². The van der Waals surface area contributed by atoms with Crippen molar-refractivity contribution in [1.29, 1.82) is 0 Å². The highest BCUT2D eigenvalue weighted by molar-refractivity contribution is 5.81. The zero-order chi connectivity index (χ0) is 16.0. The molecule has 1 unspecified atom stereocenters. The average Bonchev–Trinajstić information content (AvgIpc) is 3.25. The van der Waals surface area contributed by atoms with Gasteiger partial charge in [-0.15, -0.1) is 12.3 Å². The van der Waals surface area contributed by atoms with Crippen molar-refractivity contribution in [2.75, 3.05) is 6.54 Å². The summed E-state index contributed by atoms with van der Waals surface area (Å²) < 4.78 is 0. The Morgan fingerprint density at radius 2 is 2.27 bits per heavy atom. The molecule has 1 aromatic rings. The maximum atomic E-state index is 11.9. The Morgan fingerprint density at radius 1 is 1.50 bits per heavy atom. The van der Waals surface area contributed by atoms with Crippen molar-refractivity contribution >= 4 is 5.91 Å². The monoisotopic (exact) mass is 301 g/mol. The van der Waals surface area contributed by atoms with Crippen LogP contribution in [0.15, 0.2) is 33.4 Å². The largest absolute Gasteiger partial charge is 0.355 e. The van der Waals surface area contributed by atoms with Gasteiger partial charge in [0.05, 0.1) is 6.04 Å². The number of terminal acetylenes is 1. The van der Waals surface area contributed by atoms with Gasteiger partial charge in [-0.25, -0.2) is 0 Å². The number of rotatable bonds is 8. The molecule has 0 aliphatic carbocycles. The fraction of sp³-hybridized carbons (Fsp3) is 0.467. The minimum absolute atomic E-state index is 0.211. The molecule has 1 amide bonds. The lowest BCUT2D eigenvalue weighted by Gasteiger charge is -2.14. The second-order valence-electron chi connectivity index (χ2n) is 5.30. The van der Waals surface area contributed by atoms with Gasteiger partial charge in [0.25, 0.3) is 0 Å². The summed E-state index contributed by atoms with van der Waals surface area (Å²) in [5, 5.41) is 10.8. The molecular formula is C15H19N5O2. The summed E-state index contributed by atoms with van der Waals surface area (Å²) >= 11 is 0. The zero-order valence-electron chi connectivity index (χ0n) is 12.2. The summed E-state index contributed by atoms with van der Waals surface area (Å²) in [7, 11) is 0. The Balaban J connectivity index is 1.73. The number of aromatic amines is 1. The molecular weight excluding hydrogens is 282 g/mol. The number of amides is 1. The first kappa shape index (κ1) is 15.9. The standard InChI is InChI=1S/C15H19N5O2/c1-2-3-5-15(19-20-15)6-8-18-14(22)12(16)9-11-4-7-17-13(21)10-11/h1,4,7,10,12H,3,5-6,8-9,16H2,(H,17,21)(H,18,22). The molecule has 1 aromatic heterocycles. The number of hydrogen-bond donors (Lipinski definition) is 3. The van der Waals surface area contributed by atoms with Crippen molar-refractivity contribution < 1.29 is 4.79 Å². The van der Waals surface area contributed by atoms with Gasteiger partial charge in [-0.3, -0.25) is 9.59 Å². The number of H-pyrrole nitrogens is 1. The second kappa shape index (κ2) is 7.00. The van der Waals surface area contributed by atoms with Crippen LogP contribution in [-0.2, 0) is 11.2 Å². The van der Waals surface area contributed by atoms with Crippen molar-refractivity contribution in [2.24, 2.45) is 16.0 Å². The Morgan fingerprint density at radius 3 is 2.91 bits per heavy atom. The molecule has 2 rings (SSSR count). The van der Waals surface area contributed by atoms with Crippen LogP contribution in [0.1, 0.15) is 24.8 Å². The van der Waals surface area contributed by atoms with E-state index < -0.39 is 11.7 Å². The average molecular weight is 301 g/mol. The van der Waals surface area contributed by atoms with Crippen LogP contribution in [0, 0.1) is 12.3 Å². The van der Waals surface area contributed by atoms with Crippen molar-refractivity contribution in [3.8, 4) is 12.3 Å². The van der Waals surface area contributed by atoms with Crippen molar-refractivity contribution in [2.45, 2.75) is 37.4 Å². The van der Waals surface area contributed by atoms with Gasteiger partial charge < -0.3 is 16.0 Å². The molecule has 0 fully saturated rings. The van der Waals surface area contributed by atoms with Gasteiger partial charge in [-0.2, -0.15) is 10.2 Å². The number of nitrogens with two attached hydrogens (primary N) is 1. The minimum atomic E-state index is -0.698. The maximum Gasteiger partial charge on any atom is 0.248 e. The molecule has 2 heterocycles. The van der Waals surface area contributed by atoms with Crippen LogP contribution < -0.4 is 16.6 Å². The van der Waals surface area contributed by atoms with Crippen LogP contribution in [0.25, 0.3) is 0 Å². The molecule has 0 radical (unpaired) electrons. The third kappa shape index (κ3) is 4.53. The molecule has 116 valence electrons. The summed E-state index contributed by atoms with van der Waals surface area (Å²) in [6.45, 7) is 0.444. The molecule has 7 heteroatoms. The first-order valence-electron chi connectivity index (χ1n) is 7.13. The van der Waals surface area contributed by atoms with E-state index in [-0.39, 0.29) is 11.5 Å². The summed E-state index contributed by atoms with van der Waals surface area (Å²) in [6.07, 6.45) is 9.01. The Labute approximate surface area is 128 Å². The first-order valence-corrected chi connectivity index (χ1v) is 7.13. The molecule has 1 aliphatic rings. The van der Waals surface area contributed by atoms with Gasteiger partial charge in [0.1, 0.15) is 0 Å². The van der Waals surface area contributed by atoms with E-state index in [2.05, 4.69) is 26.4 Å². The van der Waals surface area contributed by atoms with E-state index in [0.29, 0.717) is 32.2 Å². The number of hydrogen-bond acceptors (Lipinski definition) is 5. The Hall–Kier alpha value is -2.46. The summed E-state index contributed by atoms with van der Waals surface area (Å²) in [5.41, 5.74) is 5.96. The maximum absolute atomic E-state index is 11.9. The molecule has 0 spiro atoms. The van der Waals surface area contributed by atoms with Crippen LogP contribution in [-0.4, -0.2) is 29.1 Å². The highest BCUT2D eigenvalue weighted by Crippen LogP contribution is 2.35. The van der Waals surface area contributed by atoms with Crippen molar-refractivity contribution in [3.63, 3.8) is 0 Å². The number of carbonyl (C=O) groups excluding carboxylic acids is 1. The van der Waals surface area contributed by atoms with Gasteiger partial charge in [-0.1, -0.05) is 0 Å². The van der Waals surface area contributed by atoms with Crippen LogP contribution >= 0.6 is 0 Å². The van der Waals surface area contributed by atoms with Crippen molar-refractivity contribution in [1.82, 2.24) is 10.3 Å². The molecule has 0 bridgehead atoms. The quantitative estimate of drug-likeness (QED) is 0.601. The predicted octanol–water partition coefficient (Wildman–Crippen LogP) is 0.327. The normalized spacial score (nSPS) is 15.8. The van der Waals surface area contributed by atoms with E-state index in [1.807, 2.05) is 0 Å². The number of nitrogens with one attached hydrogen (secondary N) is 2. The highest BCUT2D eigenvalue weighted by Gasteiger charge is 2.38. The number of aromatic nitrogens is 1. The van der Waals surface area contributed by atoms with Crippen LogP contribution in [0.2, 0.25) is 0 Å². The molecule has 7 nitrogen and oxygen atoms in total. The topological polar surface area (TPSA) is 113 Å². The lowest BCUT2D eigenvalue weighted by molar-refractivity contribution is -0.122. The summed E-state index contributed by atoms with van der Waals surface area (Å²) in [5.74, 6) is 2.30. The van der Waals surface area contributed by atoms with Gasteiger partial charge in [0.15, 0.2) is 5.66 Å². The minimum Gasteiger partial charge on any atom is -0.355 e. The Bertz CT molecular complexity index is 652. The molecule has 0 saturated heterocycles. The lowest BCUT2D eigenvalue weighted by atomic mass is 10.0. The molecule has 0 saturated carbocycles. The predicted molar refractivity (Wildman–Crippen MR) is 82.0 cm³/mol. The van der Waals surface area contributed by atoms with Crippen LogP contribution in [0.4, 0.5) is 0 Å². The first-order chi connectivity index (χ1) is 10.5. The number of pyridine rings is 1. The number of nitrogens with zero attached hydrogens (tertiary/aromatic N) is 2. The van der Waals surface area contributed by atoms with Crippen molar-refractivity contribution in [3.05, 3.63) is 34.2 Å². The van der Waals surface area contributed by atoms with E-state index in [1.165, 1.54) is 12.3 Å². The molecule has 1 atom stereocenters. The van der Waals surface area contributed by atoms with E-state index in [1.54, 1.807) is 6.07 Å². The fourth-order valence-electron chi connectivity index (χ4n) is 2.15. The second-order valence-corrected chi connectivity index (χ2v) is 5.30. The smallest absolute Gasteiger partial charge is 0.248 e. The van der Waals surface area contributed by atoms with E-state index >= 15 is 0 Å². The molecule has 0 aromatic carbocycles. The Kier molecular flexibility index (Phi) is 5.07. The van der Waals surface area contributed by atoms with E-state index in [9.17, 15) is 9.59 Å². The lowest BCUT2D eigenvalue weighted by Crippen LogP contribution is -2.43. The molecule has 4 N–H and O–H groups in total. The zero-order valence-corrected chi connectivity index (χ0v) is 12.2. The van der Waals surface area contributed by atoms with Gasteiger partial charge in [0.2, 0.25) is 11.5 Å². The highest BCUT2D eigenvalue weighted by atomic mass is 16.2. The van der Waals surface area contributed by atoms with Crippen LogP contribution in [0.3, 0.4) is 0 Å². The van der Waals surface area contributed by atoms with Gasteiger partial charge >= 0.3 is 0 Å². The summed E-state index contributed by atoms with van der Waals surface area (Å²) in [4.78, 5) is 25.6. The molecule has 1 aliphatic heterocycles. The van der Waals surface area contributed by atoms with Crippen LogP contribution in [0.5, 0.6) is 0 Å². The third-order valence-corrected chi connectivity index (χ3v) is 3.51. The molecule has 22 heavy (non-hydrogen) atoms. The number of carbonyl (C=O) groups is 1. The van der Waals surface area contributed by atoms with E-state index in [0.717, 1.165) is 5.56 Å². The fourth-order valence-corrected chi connectivity index (χ4v) is 2.15. The van der Waals surface area contributed by atoms with Gasteiger partial charge in [-0.05, 0) is 18.1 Å². The SMILES string of the molecule is C#CCCC1(CCNC(=O)C(N)Cc2cc[nH]c(=O)c2)N=N1. The summed E-state index contributed by atoms with van der Waals surface area (Å²) in [6, 6.07) is 2.46. The van der Waals surface area contributed by atoms with E-state index in [4.69, 9.17) is 12.2 Å².